The van der Waals surface area contributed by atoms with Gasteiger partial charge in [-0.2, -0.15) is 0 Å². The summed E-state index contributed by atoms with van der Waals surface area (Å²) in [6.07, 6.45) is 2.19. The van der Waals surface area contributed by atoms with Crippen molar-refractivity contribution in [1.29, 1.82) is 0 Å². The van der Waals surface area contributed by atoms with Crippen molar-refractivity contribution in [2.45, 2.75) is 12.5 Å². The second kappa shape index (κ2) is 5.57. The molecule has 0 saturated heterocycles. The lowest BCUT2D eigenvalue weighted by atomic mass is 10.00. The van der Waals surface area contributed by atoms with Gasteiger partial charge in [0.15, 0.2) is 0 Å². The van der Waals surface area contributed by atoms with E-state index in [2.05, 4.69) is 10.4 Å². The van der Waals surface area contributed by atoms with Crippen LogP contribution in [0.25, 0.3) is 0 Å². The van der Waals surface area contributed by atoms with Crippen LogP contribution in [0.5, 0.6) is 0 Å². The molecule has 0 spiro atoms. The molecule has 1 aromatic heterocycles. The summed E-state index contributed by atoms with van der Waals surface area (Å²) in [6, 6.07) is 9.82. The summed E-state index contributed by atoms with van der Waals surface area (Å²) in [5.74, 6) is 5.70. The van der Waals surface area contributed by atoms with Crippen LogP contribution in [-0.4, -0.2) is 4.98 Å². The molecule has 94 valence electrons. The molecular weight excluding hydrogens is 231 g/mol. The molecule has 0 aliphatic rings. The second-order valence-corrected chi connectivity index (χ2v) is 4.03. The maximum atomic E-state index is 13.2. The third-order valence-corrected chi connectivity index (χ3v) is 2.80. The highest BCUT2D eigenvalue weighted by atomic mass is 19.1. The summed E-state index contributed by atoms with van der Waals surface area (Å²) >= 11 is 0. The predicted molar refractivity (Wildman–Crippen MR) is 68.8 cm³/mol. The van der Waals surface area contributed by atoms with Crippen LogP contribution in [0.3, 0.4) is 0 Å². The molecule has 1 aromatic carbocycles. The maximum absolute atomic E-state index is 13.2. The molecule has 5 heteroatoms. The van der Waals surface area contributed by atoms with Gasteiger partial charge in [-0.05, 0) is 35.7 Å². The Morgan fingerprint density at radius 3 is 2.78 bits per heavy atom. The number of benzene rings is 1. The average molecular weight is 246 g/mol. The van der Waals surface area contributed by atoms with Crippen molar-refractivity contribution >= 4 is 5.82 Å². The van der Waals surface area contributed by atoms with Gasteiger partial charge in [-0.1, -0.05) is 18.2 Å². The first-order valence-electron chi connectivity index (χ1n) is 5.61. The van der Waals surface area contributed by atoms with Crippen LogP contribution in [-0.2, 0) is 6.42 Å². The van der Waals surface area contributed by atoms with Crippen molar-refractivity contribution < 1.29 is 4.39 Å². The first-order chi connectivity index (χ1) is 8.70. The fraction of sp³-hybridized carbons (Fsp3) is 0.154. The van der Waals surface area contributed by atoms with Crippen LogP contribution in [0.2, 0.25) is 0 Å². The molecule has 18 heavy (non-hydrogen) atoms. The van der Waals surface area contributed by atoms with Gasteiger partial charge in [-0.25, -0.2) is 9.37 Å². The van der Waals surface area contributed by atoms with Crippen LogP contribution in [0, 0.1) is 5.82 Å². The van der Waals surface area contributed by atoms with Crippen molar-refractivity contribution in [2.24, 2.45) is 5.84 Å². The van der Waals surface area contributed by atoms with E-state index >= 15 is 0 Å². The van der Waals surface area contributed by atoms with Crippen molar-refractivity contribution in [3.05, 3.63) is 59.5 Å². The van der Waals surface area contributed by atoms with Gasteiger partial charge in [-0.15, -0.1) is 0 Å². The highest BCUT2D eigenvalue weighted by Crippen LogP contribution is 2.20. The van der Waals surface area contributed by atoms with Crippen LogP contribution >= 0.6 is 0 Å². The van der Waals surface area contributed by atoms with Gasteiger partial charge < -0.3 is 5.73 Å². The van der Waals surface area contributed by atoms with E-state index in [0.717, 1.165) is 11.1 Å². The second-order valence-electron chi connectivity index (χ2n) is 4.03. The normalized spacial score (nSPS) is 12.3. The van der Waals surface area contributed by atoms with Crippen LogP contribution in [0.15, 0.2) is 42.6 Å². The van der Waals surface area contributed by atoms with E-state index in [1.165, 1.54) is 12.1 Å². The molecule has 0 saturated carbocycles. The molecule has 0 bridgehead atoms. The van der Waals surface area contributed by atoms with E-state index in [-0.39, 0.29) is 11.9 Å². The quantitative estimate of drug-likeness (QED) is 0.565. The van der Waals surface area contributed by atoms with Gasteiger partial charge in [0.2, 0.25) is 0 Å². The minimum atomic E-state index is -0.285. The van der Waals surface area contributed by atoms with Crippen LogP contribution in [0.1, 0.15) is 17.2 Å². The van der Waals surface area contributed by atoms with Gasteiger partial charge in [0.25, 0.3) is 0 Å². The standard InChI is InChI=1S/C13H15FN4/c14-11-5-1-3-9(7-11)12(18-16)8-10-4-2-6-17-13(10)15/h1-7,12,18H,8,16H2,(H2,15,17). The summed E-state index contributed by atoms with van der Waals surface area (Å²) in [7, 11) is 0. The first kappa shape index (κ1) is 12.5. The minimum absolute atomic E-state index is 0.202. The van der Waals surface area contributed by atoms with Crippen molar-refractivity contribution in [3.63, 3.8) is 0 Å². The Labute approximate surface area is 105 Å². The number of pyridine rings is 1. The Kier molecular flexibility index (Phi) is 3.86. The molecule has 4 nitrogen and oxygen atoms in total. The molecular formula is C13H15FN4. The smallest absolute Gasteiger partial charge is 0.126 e. The zero-order valence-corrected chi connectivity index (χ0v) is 9.81. The third-order valence-electron chi connectivity index (χ3n) is 2.80. The molecule has 2 aromatic rings. The number of nitrogen functional groups attached to an aromatic ring is 1. The average Bonchev–Trinajstić information content (AvgIpc) is 2.38. The van der Waals surface area contributed by atoms with Gasteiger partial charge in [0, 0.05) is 6.20 Å². The number of hydrazine groups is 1. The number of nitrogens with one attached hydrogen (secondary N) is 1. The van der Waals surface area contributed by atoms with Gasteiger partial charge in [-0.3, -0.25) is 11.3 Å². The highest BCUT2D eigenvalue weighted by molar-refractivity contribution is 5.39. The number of anilines is 1. The summed E-state index contributed by atoms with van der Waals surface area (Å²) in [6.45, 7) is 0. The zero-order chi connectivity index (χ0) is 13.0. The first-order valence-corrected chi connectivity index (χ1v) is 5.61. The molecule has 0 radical (unpaired) electrons. The number of hydrogen-bond donors (Lipinski definition) is 3. The Morgan fingerprint density at radius 1 is 1.28 bits per heavy atom. The van der Waals surface area contributed by atoms with E-state index in [4.69, 9.17) is 11.6 Å². The van der Waals surface area contributed by atoms with Gasteiger partial charge in [0.1, 0.15) is 11.6 Å². The van der Waals surface area contributed by atoms with Crippen LogP contribution in [0.4, 0.5) is 10.2 Å². The highest BCUT2D eigenvalue weighted by Gasteiger charge is 2.13. The maximum Gasteiger partial charge on any atom is 0.126 e. The van der Waals surface area contributed by atoms with Crippen molar-refractivity contribution in [2.75, 3.05) is 5.73 Å². The number of nitrogens with two attached hydrogens (primary N) is 2. The number of hydrogen-bond acceptors (Lipinski definition) is 4. The third kappa shape index (κ3) is 2.82. The van der Waals surface area contributed by atoms with E-state index in [9.17, 15) is 4.39 Å². The fourth-order valence-corrected chi connectivity index (χ4v) is 1.84. The lowest BCUT2D eigenvalue weighted by Gasteiger charge is -2.17. The lowest BCUT2D eigenvalue weighted by Crippen LogP contribution is -2.29. The molecule has 1 unspecified atom stereocenters. The van der Waals surface area contributed by atoms with Crippen molar-refractivity contribution in [3.8, 4) is 0 Å². The molecule has 0 amide bonds. The predicted octanol–water partition coefficient (Wildman–Crippen LogP) is 1.55. The Bertz CT molecular complexity index is 530. The summed E-state index contributed by atoms with van der Waals surface area (Å²) < 4.78 is 13.2. The largest absolute Gasteiger partial charge is 0.383 e. The fourth-order valence-electron chi connectivity index (χ4n) is 1.84. The lowest BCUT2D eigenvalue weighted by molar-refractivity contribution is 0.544. The Balaban J connectivity index is 2.23. The minimum Gasteiger partial charge on any atom is -0.383 e. The van der Waals surface area contributed by atoms with E-state index < -0.39 is 0 Å². The SMILES string of the molecule is NNC(Cc1cccnc1N)c1cccc(F)c1. The van der Waals surface area contributed by atoms with E-state index in [1.807, 2.05) is 18.2 Å². The number of nitrogens with zero attached hydrogens (tertiary/aromatic N) is 1. The van der Waals surface area contributed by atoms with Crippen LogP contribution < -0.4 is 17.0 Å². The van der Waals surface area contributed by atoms with E-state index in [1.54, 1.807) is 12.3 Å². The molecule has 1 atom stereocenters. The molecule has 0 fully saturated rings. The topological polar surface area (TPSA) is 77.0 Å². The summed E-state index contributed by atoms with van der Waals surface area (Å²) in [5.41, 5.74) is 10.1. The van der Waals surface area contributed by atoms with E-state index in [0.29, 0.717) is 12.2 Å². The zero-order valence-electron chi connectivity index (χ0n) is 9.81. The molecule has 0 aliphatic heterocycles. The Hall–Kier alpha value is -1.98. The summed E-state index contributed by atoms with van der Waals surface area (Å²) in [5, 5.41) is 0. The van der Waals surface area contributed by atoms with Gasteiger partial charge in [0.05, 0.1) is 6.04 Å². The Morgan fingerprint density at radius 2 is 2.11 bits per heavy atom. The number of rotatable bonds is 4. The van der Waals surface area contributed by atoms with Gasteiger partial charge >= 0.3 is 0 Å². The number of aromatic nitrogens is 1. The molecule has 2 rings (SSSR count). The monoisotopic (exact) mass is 246 g/mol. The molecule has 1 heterocycles. The molecule has 5 N–H and O–H groups in total. The molecule has 0 aliphatic carbocycles. The number of halogens is 1. The summed E-state index contributed by atoms with van der Waals surface area (Å²) in [4.78, 5) is 4.01. The van der Waals surface area contributed by atoms with Crippen molar-refractivity contribution in [1.82, 2.24) is 10.4 Å².